The molecular weight excluding hydrogens is 446 g/mol. The number of fused-ring (bicyclic) bond motifs is 1. The van der Waals surface area contributed by atoms with Gasteiger partial charge in [-0.1, -0.05) is 6.92 Å². The number of hydrogen-bond acceptors (Lipinski definition) is 7. The van der Waals surface area contributed by atoms with Crippen molar-refractivity contribution in [2.45, 2.75) is 31.2 Å². The van der Waals surface area contributed by atoms with Gasteiger partial charge >= 0.3 is 5.97 Å². The molecule has 3 heterocycles. The SMILES string of the molecule is CCOc1ccc(S(=O)(=O)N2C[C@@H](C)[C@@H](n3nc(CC(=O)O)c4cc(C#N)ccc43)C2)cn1. The van der Waals surface area contributed by atoms with Crippen molar-refractivity contribution < 1.29 is 23.1 Å². The molecule has 11 heteroatoms. The number of hydrogen-bond donors (Lipinski definition) is 1. The van der Waals surface area contributed by atoms with E-state index in [2.05, 4.69) is 16.2 Å². The van der Waals surface area contributed by atoms with E-state index < -0.39 is 16.0 Å². The third-order valence-corrected chi connectivity index (χ3v) is 7.54. The number of sulfonamides is 1. The molecule has 0 spiro atoms. The van der Waals surface area contributed by atoms with E-state index in [0.717, 1.165) is 0 Å². The van der Waals surface area contributed by atoms with Crippen LogP contribution in [0.1, 0.15) is 31.1 Å². The first kappa shape index (κ1) is 22.7. The lowest BCUT2D eigenvalue weighted by Gasteiger charge is -2.17. The van der Waals surface area contributed by atoms with Gasteiger partial charge in [-0.05, 0) is 37.1 Å². The highest BCUT2D eigenvalue weighted by Crippen LogP contribution is 2.34. The Bertz CT molecular complexity index is 1340. The van der Waals surface area contributed by atoms with Crippen molar-refractivity contribution in [2.75, 3.05) is 19.7 Å². The second-order valence-electron chi connectivity index (χ2n) is 7.94. The van der Waals surface area contributed by atoms with Gasteiger partial charge < -0.3 is 9.84 Å². The zero-order chi connectivity index (χ0) is 23.8. The quantitative estimate of drug-likeness (QED) is 0.556. The molecule has 10 nitrogen and oxygen atoms in total. The molecule has 0 amide bonds. The maximum Gasteiger partial charge on any atom is 0.309 e. The molecule has 0 unspecified atom stereocenters. The Morgan fingerprint density at radius 1 is 1.30 bits per heavy atom. The highest BCUT2D eigenvalue weighted by atomic mass is 32.2. The number of aromatic nitrogens is 3. The highest BCUT2D eigenvalue weighted by Gasteiger charge is 2.39. The smallest absolute Gasteiger partial charge is 0.309 e. The molecule has 3 aromatic rings. The summed E-state index contributed by atoms with van der Waals surface area (Å²) in [5.41, 5.74) is 1.42. The minimum atomic E-state index is -3.78. The Balaban J connectivity index is 1.67. The summed E-state index contributed by atoms with van der Waals surface area (Å²) in [5, 5.41) is 23.6. The number of carbonyl (C=O) groups is 1. The molecule has 0 radical (unpaired) electrons. The van der Waals surface area contributed by atoms with E-state index in [0.29, 0.717) is 34.6 Å². The van der Waals surface area contributed by atoms with Gasteiger partial charge in [-0.15, -0.1) is 0 Å². The fraction of sp³-hybridized carbons (Fsp3) is 0.364. The molecule has 2 aromatic heterocycles. The van der Waals surface area contributed by atoms with Crippen LogP contribution in [0.15, 0.2) is 41.4 Å². The lowest BCUT2D eigenvalue weighted by Crippen LogP contribution is -2.29. The Morgan fingerprint density at radius 3 is 2.73 bits per heavy atom. The summed E-state index contributed by atoms with van der Waals surface area (Å²) in [5.74, 6) is -0.753. The van der Waals surface area contributed by atoms with Crippen molar-refractivity contribution in [3.05, 3.63) is 47.8 Å². The van der Waals surface area contributed by atoms with Crippen LogP contribution < -0.4 is 4.74 Å². The topological polar surface area (TPSA) is 138 Å². The van der Waals surface area contributed by atoms with E-state index >= 15 is 0 Å². The first-order valence-corrected chi connectivity index (χ1v) is 11.9. The lowest BCUT2D eigenvalue weighted by molar-refractivity contribution is -0.136. The Morgan fingerprint density at radius 2 is 2.09 bits per heavy atom. The fourth-order valence-electron chi connectivity index (χ4n) is 4.12. The number of aliphatic carboxylic acids is 1. The molecule has 1 fully saturated rings. The van der Waals surface area contributed by atoms with Gasteiger partial charge in [0, 0.05) is 24.5 Å². The van der Waals surface area contributed by atoms with Crippen molar-refractivity contribution in [1.29, 1.82) is 5.26 Å². The van der Waals surface area contributed by atoms with Gasteiger partial charge in [-0.3, -0.25) is 9.48 Å². The summed E-state index contributed by atoms with van der Waals surface area (Å²) < 4.78 is 34.8. The van der Waals surface area contributed by atoms with Crippen LogP contribution >= 0.6 is 0 Å². The minimum Gasteiger partial charge on any atom is -0.481 e. The van der Waals surface area contributed by atoms with Crippen molar-refractivity contribution in [1.82, 2.24) is 19.1 Å². The zero-order valence-electron chi connectivity index (χ0n) is 18.2. The number of carboxylic acid groups (broad SMARTS) is 1. The predicted octanol–water partition coefficient (Wildman–Crippen LogP) is 2.21. The molecule has 0 saturated carbocycles. The van der Waals surface area contributed by atoms with Crippen LogP contribution in [0.25, 0.3) is 10.9 Å². The molecule has 2 atom stereocenters. The zero-order valence-corrected chi connectivity index (χ0v) is 19.0. The molecule has 1 aliphatic rings. The molecule has 33 heavy (non-hydrogen) atoms. The largest absolute Gasteiger partial charge is 0.481 e. The monoisotopic (exact) mass is 469 g/mol. The number of rotatable bonds is 7. The molecular formula is C22H23N5O5S. The number of carboxylic acids is 1. The van der Waals surface area contributed by atoms with Gasteiger partial charge in [0.2, 0.25) is 15.9 Å². The summed E-state index contributed by atoms with van der Waals surface area (Å²) in [6.07, 6.45) is 0.995. The average Bonchev–Trinajstić information content (AvgIpc) is 3.34. The Labute approximate surface area is 191 Å². The maximum atomic E-state index is 13.2. The van der Waals surface area contributed by atoms with Crippen LogP contribution in [0.4, 0.5) is 0 Å². The van der Waals surface area contributed by atoms with Crippen molar-refractivity contribution in [3.8, 4) is 11.9 Å². The maximum absolute atomic E-state index is 13.2. The van der Waals surface area contributed by atoms with E-state index in [-0.39, 0.29) is 36.4 Å². The number of nitriles is 1. The third-order valence-electron chi connectivity index (χ3n) is 5.72. The molecule has 1 aromatic carbocycles. The molecule has 1 saturated heterocycles. The first-order chi connectivity index (χ1) is 15.7. The fourth-order valence-corrected chi connectivity index (χ4v) is 5.63. The molecule has 0 aliphatic carbocycles. The van der Waals surface area contributed by atoms with Gasteiger partial charge in [0.1, 0.15) is 4.90 Å². The first-order valence-electron chi connectivity index (χ1n) is 10.5. The van der Waals surface area contributed by atoms with Gasteiger partial charge in [-0.25, -0.2) is 13.4 Å². The van der Waals surface area contributed by atoms with Crippen LogP contribution in [-0.4, -0.2) is 58.3 Å². The van der Waals surface area contributed by atoms with E-state index in [1.165, 1.54) is 22.6 Å². The number of ether oxygens (including phenoxy) is 1. The van der Waals surface area contributed by atoms with Crippen LogP contribution in [0.3, 0.4) is 0 Å². The lowest BCUT2D eigenvalue weighted by atomic mass is 10.1. The average molecular weight is 470 g/mol. The Hall–Kier alpha value is -3.49. The van der Waals surface area contributed by atoms with E-state index in [9.17, 15) is 23.6 Å². The molecule has 4 rings (SSSR count). The minimum absolute atomic E-state index is 0.0770. The van der Waals surface area contributed by atoms with Crippen LogP contribution in [0, 0.1) is 17.2 Å². The van der Waals surface area contributed by atoms with Gasteiger partial charge in [0.25, 0.3) is 0 Å². The predicted molar refractivity (Wildman–Crippen MR) is 118 cm³/mol. The number of nitrogens with zero attached hydrogens (tertiary/aromatic N) is 5. The van der Waals surface area contributed by atoms with Crippen LogP contribution in [-0.2, 0) is 21.2 Å². The van der Waals surface area contributed by atoms with E-state index in [1.54, 1.807) is 22.9 Å². The summed E-state index contributed by atoms with van der Waals surface area (Å²) in [6.45, 7) is 4.65. The van der Waals surface area contributed by atoms with E-state index in [4.69, 9.17) is 4.74 Å². The summed E-state index contributed by atoms with van der Waals surface area (Å²) in [7, 11) is -3.78. The molecule has 0 bridgehead atoms. The Kier molecular flexibility index (Phi) is 6.05. The normalized spacial score (nSPS) is 18.9. The summed E-state index contributed by atoms with van der Waals surface area (Å²) >= 11 is 0. The van der Waals surface area contributed by atoms with E-state index in [1.807, 2.05) is 13.8 Å². The van der Waals surface area contributed by atoms with Crippen molar-refractivity contribution >= 4 is 26.9 Å². The summed E-state index contributed by atoms with van der Waals surface area (Å²) in [6, 6.07) is 9.76. The molecule has 1 N–H and O–H groups in total. The number of benzene rings is 1. The standard InChI is InChI=1S/C22H23N5O5S/c1-3-32-21-7-5-16(11-24-21)33(30,31)26-12-14(2)20(13-26)27-19-6-4-15(10-23)8-17(19)18(25-27)9-22(28)29/h4-8,11,14,20H,3,9,12-13H2,1-2H3,(H,28,29)/t14-,20+/m1/s1. The van der Waals surface area contributed by atoms with Gasteiger partial charge in [0.15, 0.2) is 0 Å². The third kappa shape index (κ3) is 4.27. The van der Waals surface area contributed by atoms with Crippen molar-refractivity contribution in [3.63, 3.8) is 0 Å². The molecule has 172 valence electrons. The van der Waals surface area contributed by atoms with Crippen molar-refractivity contribution in [2.24, 2.45) is 5.92 Å². The van der Waals surface area contributed by atoms with Gasteiger partial charge in [-0.2, -0.15) is 14.7 Å². The highest BCUT2D eigenvalue weighted by molar-refractivity contribution is 7.89. The second kappa shape index (κ2) is 8.80. The van der Waals surface area contributed by atoms with Crippen LogP contribution in [0.5, 0.6) is 5.88 Å². The second-order valence-corrected chi connectivity index (χ2v) is 9.88. The van der Waals surface area contributed by atoms with Gasteiger partial charge in [0.05, 0.1) is 48.1 Å². The number of pyridine rings is 1. The van der Waals surface area contributed by atoms with Crippen LogP contribution in [0.2, 0.25) is 0 Å². The summed E-state index contributed by atoms with van der Waals surface area (Å²) in [4.78, 5) is 15.5. The molecule has 1 aliphatic heterocycles.